The molecule has 2 saturated heterocycles. The maximum Gasteiger partial charge on any atom is 0.249 e. The molecule has 1 aromatic carbocycles. The molecule has 0 aliphatic carbocycles. The summed E-state index contributed by atoms with van der Waals surface area (Å²) in [4.78, 5) is 25.6. The molecule has 3 N–H and O–H groups in total. The molecule has 2 heterocycles. The molecular weight excluding hydrogens is 316 g/mol. The van der Waals surface area contributed by atoms with Gasteiger partial charge >= 0.3 is 0 Å². The van der Waals surface area contributed by atoms with E-state index in [0.29, 0.717) is 24.9 Å². The van der Waals surface area contributed by atoms with Crippen LogP contribution in [0, 0.1) is 0 Å². The number of hydrogen-bond acceptors (Lipinski definition) is 5. The van der Waals surface area contributed by atoms with E-state index in [9.17, 15) is 9.59 Å². The third kappa shape index (κ3) is 4.72. The van der Waals surface area contributed by atoms with E-state index >= 15 is 0 Å². The van der Waals surface area contributed by atoms with Crippen molar-refractivity contribution in [2.45, 2.75) is 57.7 Å². The lowest BCUT2D eigenvalue weighted by atomic mass is 10.0. The predicted molar refractivity (Wildman–Crippen MR) is 99.6 cm³/mol. The Hall–Kier alpha value is -2.08. The lowest BCUT2D eigenvalue weighted by Crippen LogP contribution is -2.47. The van der Waals surface area contributed by atoms with Crippen LogP contribution in [0.4, 0.5) is 11.4 Å². The number of hydrogen-bond donors (Lipinski definition) is 3. The van der Waals surface area contributed by atoms with Crippen molar-refractivity contribution in [3.05, 3.63) is 24.3 Å². The number of nitrogens with one attached hydrogen (secondary N) is 3. The molecule has 136 valence electrons. The second-order valence-corrected chi connectivity index (χ2v) is 7.28. The van der Waals surface area contributed by atoms with Gasteiger partial charge in [0.2, 0.25) is 11.8 Å². The van der Waals surface area contributed by atoms with Crippen LogP contribution in [0.1, 0.15) is 39.5 Å². The third-order valence-corrected chi connectivity index (χ3v) is 5.07. The molecule has 2 aliphatic heterocycles. The average molecular weight is 344 g/mol. The summed E-state index contributed by atoms with van der Waals surface area (Å²) in [6, 6.07) is 8.80. The highest BCUT2D eigenvalue weighted by Crippen LogP contribution is 2.22. The number of carbonyl (C=O) groups is 2. The number of rotatable bonds is 5. The molecule has 2 amide bonds. The fourth-order valence-electron chi connectivity index (χ4n) is 3.53. The van der Waals surface area contributed by atoms with Gasteiger partial charge in [0.25, 0.3) is 0 Å². The van der Waals surface area contributed by atoms with Crippen molar-refractivity contribution in [2.24, 2.45) is 0 Å². The van der Waals surface area contributed by atoms with Crippen LogP contribution in [0.5, 0.6) is 0 Å². The molecule has 0 radical (unpaired) electrons. The van der Waals surface area contributed by atoms with Gasteiger partial charge in [-0.05, 0) is 51.3 Å². The predicted octanol–water partition coefficient (Wildman–Crippen LogP) is 2.19. The molecule has 0 spiro atoms. The standard InChI is InChI=1S/C19H28N4O2/c1-13(2)23-10-8-14(9-11-23)20-15-4-3-5-16(12-15)21-17-6-7-18(24)22-19(17)25/h3-5,12-14,17,20-21H,6-11H2,1-2H3,(H,22,24,25). The van der Waals surface area contributed by atoms with Crippen LogP contribution >= 0.6 is 0 Å². The van der Waals surface area contributed by atoms with Crippen LogP contribution in [0.25, 0.3) is 0 Å². The van der Waals surface area contributed by atoms with Crippen LogP contribution < -0.4 is 16.0 Å². The Balaban J connectivity index is 1.55. The molecule has 3 rings (SSSR count). The quantitative estimate of drug-likeness (QED) is 0.714. The molecule has 2 fully saturated rings. The summed E-state index contributed by atoms with van der Waals surface area (Å²) in [7, 11) is 0. The number of carbonyl (C=O) groups excluding carboxylic acids is 2. The van der Waals surface area contributed by atoms with E-state index < -0.39 is 0 Å². The summed E-state index contributed by atoms with van der Waals surface area (Å²) in [6.45, 7) is 6.75. The van der Waals surface area contributed by atoms with Gasteiger partial charge in [-0.25, -0.2) is 0 Å². The van der Waals surface area contributed by atoms with Gasteiger partial charge in [0.05, 0.1) is 0 Å². The van der Waals surface area contributed by atoms with Gasteiger partial charge in [-0.3, -0.25) is 14.9 Å². The summed E-state index contributed by atoms with van der Waals surface area (Å²) < 4.78 is 0. The minimum atomic E-state index is -0.345. The fraction of sp³-hybridized carbons (Fsp3) is 0.579. The van der Waals surface area contributed by atoms with Crippen LogP contribution in [0.2, 0.25) is 0 Å². The second kappa shape index (κ2) is 7.87. The topological polar surface area (TPSA) is 73.5 Å². The van der Waals surface area contributed by atoms with Gasteiger partial charge < -0.3 is 15.5 Å². The molecule has 0 bridgehead atoms. The summed E-state index contributed by atoms with van der Waals surface area (Å²) in [5.74, 6) is -0.429. The minimum Gasteiger partial charge on any atom is -0.382 e. The van der Waals surface area contributed by atoms with Crippen LogP contribution in [0.15, 0.2) is 24.3 Å². The normalized spacial score (nSPS) is 22.8. The Labute approximate surface area is 149 Å². The number of amides is 2. The molecule has 1 atom stereocenters. The number of anilines is 2. The molecule has 25 heavy (non-hydrogen) atoms. The molecule has 1 unspecified atom stereocenters. The van der Waals surface area contributed by atoms with E-state index in [1.54, 1.807) is 0 Å². The zero-order valence-electron chi connectivity index (χ0n) is 15.0. The van der Waals surface area contributed by atoms with Crippen LogP contribution in [0.3, 0.4) is 0 Å². The Morgan fingerprint density at radius 1 is 1.08 bits per heavy atom. The molecule has 1 aromatic rings. The first-order valence-corrected chi connectivity index (χ1v) is 9.22. The summed E-state index contributed by atoms with van der Waals surface area (Å²) in [6.07, 6.45) is 3.21. The van der Waals surface area contributed by atoms with Crippen molar-refractivity contribution in [3.8, 4) is 0 Å². The van der Waals surface area contributed by atoms with Crippen molar-refractivity contribution in [1.82, 2.24) is 10.2 Å². The van der Waals surface area contributed by atoms with Crippen LogP contribution in [-0.2, 0) is 9.59 Å². The second-order valence-electron chi connectivity index (χ2n) is 7.28. The maximum absolute atomic E-state index is 11.9. The number of piperidine rings is 2. The van der Waals surface area contributed by atoms with Crippen molar-refractivity contribution >= 4 is 23.2 Å². The fourth-order valence-corrected chi connectivity index (χ4v) is 3.53. The van der Waals surface area contributed by atoms with Gasteiger partial charge in [0, 0.05) is 43.0 Å². The third-order valence-electron chi connectivity index (χ3n) is 5.07. The van der Waals surface area contributed by atoms with E-state index in [1.165, 1.54) is 0 Å². The monoisotopic (exact) mass is 344 g/mol. The number of benzene rings is 1. The summed E-state index contributed by atoms with van der Waals surface area (Å²) >= 11 is 0. The number of nitrogens with zero attached hydrogens (tertiary/aromatic N) is 1. The first-order chi connectivity index (χ1) is 12.0. The maximum atomic E-state index is 11.9. The van der Waals surface area contributed by atoms with Gasteiger partial charge in [-0.15, -0.1) is 0 Å². The SMILES string of the molecule is CC(C)N1CCC(Nc2cccc(NC3CCC(=O)NC3=O)c2)CC1. The molecule has 6 heteroatoms. The first kappa shape index (κ1) is 17.7. The highest BCUT2D eigenvalue weighted by atomic mass is 16.2. The van der Waals surface area contributed by atoms with Crippen LogP contribution in [-0.4, -0.2) is 47.9 Å². The zero-order valence-corrected chi connectivity index (χ0v) is 15.0. The van der Waals surface area contributed by atoms with E-state index in [2.05, 4.69) is 40.8 Å². The molecular formula is C19H28N4O2. The van der Waals surface area contributed by atoms with Crippen molar-refractivity contribution < 1.29 is 9.59 Å². The summed E-state index contributed by atoms with van der Waals surface area (Å²) in [5.41, 5.74) is 1.97. The van der Waals surface area contributed by atoms with Crippen molar-refractivity contribution in [1.29, 1.82) is 0 Å². The van der Waals surface area contributed by atoms with Gasteiger partial charge in [-0.1, -0.05) is 6.07 Å². The van der Waals surface area contributed by atoms with Gasteiger partial charge in [0.15, 0.2) is 0 Å². The van der Waals surface area contributed by atoms with Gasteiger partial charge in [0.1, 0.15) is 6.04 Å². The summed E-state index contributed by atoms with van der Waals surface area (Å²) in [5, 5.41) is 9.24. The van der Waals surface area contributed by atoms with E-state index in [0.717, 1.165) is 37.3 Å². The highest BCUT2D eigenvalue weighted by molar-refractivity contribution is 6.01. The number of likely N-dealkylation sites (tertiary alicyclic amines) is 1. The van der Waals surface area contributed by atoms with E-state index in [-0.39, 0.29) is 17.9 Å². The number of imide groups is 1. The molecule has 6 nitrogen and oxygen atoms in total. The lowest BCUT2D eigenvalue weighted by Gasteiger charge is -2.35. The van der Waals surface area contributed by atoms with Crippen molar-refractivity contribution in [3.63, 3.8) is 0 Å². The van der Waals surface area contributed by atoms with E-state index in [1.807, 2.05) is 18.2 Å². The smallest absolute Gasteiger partial charge is 0.249 e. The molecule has 0 saturated carbocycles. The Morgan fingerprint density at radius 3 is 2.40 bits per heavy atom. The van der Waals surface area contributed by atoms with E-state index in [4.69, 9.17) is 0 Å². The average Bonchev–Trinajstić information content (AvgIpc) is 2.58. The Kier molecular flexibility index (Phi) is 5.58. The van der Waals surface area contributed by atoms with Crippen molar-refractivity contribution in [2.75, 3.05) is 23.7 Å². The molecule has 2 aliphatic rings. The Morgan fingerprint density at radius 2 is 1.76 bits per heavy atom. The highest BCUT2D eigenvalue weighted by Gasteiger charge is 2.26. The Bertz CT molecular complexity index is 624. The largest absolute Gasteiger partial charge is 0.382 e. The zero-order chi connectivity index (χ0) is 17.8. The van der Waals surface area contributed by atoms with Gasteiger partial charge in [-0.2, -0.15) is 0 Å². The lowest BCUT2D eigenvalue weighted by molar-refractivity contribution is -0.133. The first-order valence-electron chi connectivity index (χ1n) is 9.22. The molecule has 0 aromatic heterocycles. The minimum absolute atomic E-state index is 0.189.